The van der Waals surface area contributed by atoms with Crippen LogP contribution in [0.5, 0.6) is 0 Å². The standard InChI is InChI=1S/C28H35ClN4O2S/c1-20(2)36-33-15-13-32(14-16-33)25(18-30)26(27(34)31-24-6-4-5-23(29)17-24)35-19-28(11-12-28)22-9-7-21(3)8-10-22/h4-10,17-18,20,30H,11-16,19H2,1-3H3,(H,31,34)/b26-25-,30-18?. The summed E-state index contributed by atoms with van der Waals surface area (Å²) in [5.74, 6) is -0.178. The van der Waals surface area contributed by atoms with Gasteiger partial charge in [-0.2, -0.15) is 0 Å². The summed E-state index contributed by atoms with van der Waals surface area (Å²) in [7, 11) is 0. The van der Waals surface area contributed by atoms with Crippen LogP contribution in [0.15, 0.2) is 60.0 Å². The Hall–Kier alpha value is -2.48. The average Bonchev–Trinajstić information content (AvgIpc) is 3.63. The third kappa shape index (κ3) is 6.64. The summed E-state index contributed by atoms with van der Waals surface area (Å²) >= 11 is 7.98. The number of nitrogens with zero attached hydrogens (tertiary/aromatic N) is 2. The average molecular weight is 527 g/mol. The zero-order valence-corrected chi connectivity index (χ0v) is 22.8. The Labute approximate surface area is 223 Å². The van der Waals surface area contributed by atoms with Gasteiger partial charge in [0.1, 0.15) is 5.70 Å². The van der Waals surface area contributed by atoms with Crippen molar-refractivity contribution in [2.75, 3.05) is 38.1 Å². The summed E-state index contributed by atoms with van der Waals surface area (Å²) in [6.45, 7) is 10.0. The number of hydrogen-bond acceptors (Lipinski definition) is 6. The lowest BCUT2D eigenvalue weighted by atomic mass is 9.96. The second-order valence-corrected chi connectivity index (χ2v) is 11.9. The Morgan fingerprint density at radius 2 is 1.86 bits per heavy atom. The molecule has 0 atom stereocenters. The van der Waals surface area contributed by atoms with Gasteiger partial charge in [-0.1, -0.05) is 73.3 Å². The Kier molecular flexibility index (Phi) is 8.65. The molecular weight excluding hydrogens is 492 g/mol. The first kappa shape index (κ1) is 26.6. The van der Waals surface area contributed by atoms with Crippen LogP contribution < -0.4 is 5.32 Å². The van der Waals surface area contributed by atoms with Crippen molar-refractivity contribution in [2.45, 2.75) is 44.3 Å². The van der Waals surface area contributed by atoms with Crippen molar-refractivity contribution in [3.8, 4) is 0 Å². The maximum Gasteiger partial charge on any atom is 0.293 e. The smallest absolute Gasteiger partial charge is 0.293 e. The van der Waals surface area contributed by atoms with Crippen molar-refractivity contribution in [1.82, 2.24) is 9.21 Å². The van der Waals surface area contributed by atoms with Crippen molar-refractivity contribution in [3.05, 3.63) is 76.1 Å². The molecule has 6 nitrogen and oxygen atoms in total. The normalized spacial score (nSPS) is 18.0. The number of aryl methyl sites for hydroxylation is 1. The van der Waals surface area contributed by atoms with Crippen LogP contribution in [-0.4, -0.2) is 59.4 Å². The first-order valence-corrected chi connectivity index (χ1v) is 13.7. The topological polar surface area (TPSA) is 68.7 Å². The number of amides is 1. The van der Waals surface area contributed by atoms with Gasteiger partial charge in [0.05, 0.1) is 6.61 Å². The fourth-order valence-electron chi connectivity index (χ4n) is 4.43. The number of nitrogens with one attached hydrogen (secondary N) is 2. The molecule has 1 heterocycles. The van der Waals surface area contributed by atoms with E-state index in [9.17, 15) is 4.79 Å². The van der Waals surface area contributed by atoms with Crippen LogP contribution >= 0.6 is 23.5 Å². The molecule has 1 aliphatic heterocycles. The summed E-state index contributed by atoms with van der Waals surface area (Å²) in [5.41, 5.74) is 3.48. The number of carbonyl (C=O) groups excluding carboxylic acids is 1. The summed E-state index contributed by atoms with van der Waals surface area (Å²) in [5, 5.41) is 12.2. The molecule has 2 fully saturated rings. The molecule has 1 saturated heterocycles. The van der Waals surface area contributed by atoms with Crippen LogP contribution in [0, 0.1) is 12.3 Å². The highest BCUT2D eigenvalue weighted by atomic mass is 35.5. The Morgan fingerprint density at radius 3 is 2.44 bits per heavy atom. The number of benzene rings is 2. The van der Waals surface area contributed by atoms with E-state index in [4.69, 9.17) is 21.7 Å². The van der Waals surface area contributed by atoms with Gasteiger partial charge in [-0.05, 0) is 43.5 Å². The predicted octanol–water partition coefficient (Wildman–Crippen LogP) is 5.87. The Morgan fingerprint density at radius 1 is 1.17 bits per heavy atom. The molecule has 192 valence electrons. The van der Waals surface area contributed by atoms with E-state index in [0.717, 1.165) is 39.0 Å². The molecule has 1 amide bonds. The molecule has 1 aliphatic carbocycles. The number of allylic oxidation sites excluding steroid dienone is 1. The fourth-order valence-corrected chi connectivity index (χ4v) is 5.59. The molecular formula is C28H35ClN4O2S. The Bertz CT molecular complexity index is 1110. The van der Waals surface area contributed by atoms with Gasteiger partial charge in [-0.15, -0.1) is 0 Å². The third-order valence-corrected chi connectivity index (χ3v) is 7.93. The molecule has 0 aromatic heterocycles. The summed E-state index contributed by atoms with van der Waals surface area (Å²) in [4.78, 5) is 15.6. The molecule has 2 aromatic rings. The molecule has 36 heavy (non-hydrogen) atoms. The van der Waals surface area contributed by atoms with Gasteiger partial charge in [0.25, 0.3) is 5.91 Å². The van der Waals surface area contributed by atoms with E-state index in [1.165, 1.54) is 17.3 Å². The molecule has 2 N–H and O–H groups in total. The maximum absolute atomic E-state index is 13.5. The number of halogens is 1. The summed E-state index contributed by atoms with van der Waals surface area (Å²) < 4.78 is 8.69. The summed E-state index contributed by atoms with van der Waals surface area (Å²) in [6, 6.07) is 15.6. The highest BCUT2D eigenvalue weighted by Crippen LogP contribution is 2.48. The highest BCUT2D eigenvalue weighted by Gasteiger charge is 2.45. The molecule has 1 saturated carbocycles. The molecule has 2 aliphatic rings. The first-order valence-electron chi connectivity index (χ1n) is 12.5. The molecule has 0 bridgehead atoms. The van der Waals surface area contributed by atoms with E-state index in [1.54, 1.807) is 24.3 Å². The zero-order chi connectivity index (χ0) is 25.7. The van der Waals surface area contributed by atoms with Crippen LogP contribution in [0.3, 0.4) is 0 Å². The zero-order valence-electron chi connectivity index (χ0n) is 21.2. The second kappa shape index (κ2) is 11.7. The molecule has 4 rings (SSSR count). The SMILES string of the molecule is Cc1ccc(C2(CO/C(C(=O)Nc3cccc(Cl)c3)=C(/C=N)N3CCN(SC(C)C)CC3)CC2)cc1. The molecule has 0 spiro atoms. The Balaban J connectivity index is 1.57. The van der Waals surface area contributed by atoms with Crippen LogP contribution in [0.2, 0.25) is 5.02 Å². The van der Waals surface area contributed by atoms with E-state index in [2.05, 4.69) is 59.6 Å². The molecule has 2 aromatic carbocycles. The predicted molar refractivity (Wildman–Crippen MR) is 150 cm³/mol. The number of rotatable bonds is 10. The van der Waals surface area contributed by atoms with Crippen molar-refractivity contribution in [3.63, 3.8) is 0 Å². The van der Waals surface area contributed by atoms with Crippen molar-refractivity contribution in [2.24, 2.45) is 0 Å². The third-order valence-electron chi connectivity index (χ3n) is 6.61. The van der Waals surface area contributed by atoms with E-state index < -0.39 is 0 Å². The lowest BCUT2D eigenvalue weighted by Crippen LogP contribution is -2.44. The van der Waals surface area contributed by atoms with E-state index >= 15 is 0 Å². The van der Waals surface area contributed by atoms with E-state index in [0.29, 0.717) is 28.3 Å². The number of anilines is 1. The largest absolute Gasteiger partial charge is 0.485 e. The molecule has 0 unspecified atom stereocenters. The van der Waals surface area contributed by atoms with Crippen LogP contribution in [0.4, 0.5) is 5.69 Å². The maximum atomic E-state index is 13.5. The van der Waals surface area contributed by atoms with Gasteiger partial charge in [-0.3, -0.25) is 4.79 Å². The van der Waals surface area contributed by atoms with E-state index in [1.807, 2.05) is 11.9 Å². The van der Waals surface area contributed by atoms with Gasteiger partial charge >= 0.3 is 0 Å². The number of ether oxygens (including phenoxy) is 1. The minimum absolute atomic E-state index is 0.0883. The summed E-state index contributed by atoms with van der Waals surface area (Å²) in [6.07, 6.45) is 3.29. The number of piperazine rings is 1. The van der Waals surface area contributed by atoms with Crippen LogP contribution in [0.1, 0.15) is 37.8 Å². The second-order valence-electron chi connectivity index (χ2n) is 9.83. The van der Waals surface area contributed by atoms with Crippen molar-refractivity contribution in [1.29, 1.82) is 5.41 Å². The van der Waals surface area contributed by atoms with E-state index in [-0.39, 0.29) is 17.1 Å². The van der Waals surface area contributed by atoms with Gasteiger partial charge in [0.2, 0.25) is 5.76 Å². The highest BCUT2D eigenvalue weighted by molar-refractivity contribution is 7.97. The van der Waals surface area contributed by atoms with Crippen molar-refractivity contribution < 1.29 is 9.53 Å². The van der Waals surface area contributed by atoms with Gasteiger partial charge < -0.3 is 20.4 Å². The van der Waals surface area contributed by atoms with Gasteiger partial charge in [0, 0.05) is 53.8 Å². The minimum atomic E-state index is -0.366. The molecule has 0 radical (unpaired) electrons. The lowest BCUT2D eigenvalue weighted by molar-refractivity contribution is -0.116. The van der Waals surface area contributed by atoms with Gasteiger partial charge in [-0.25, -0.2) is 4.31 Å². The first-order chi connectivity index (χ1) is 17.3. The number of carbonyl (C=O) groups is 1. The number of hydrogen-bond donors (Lipinski definition) is 2. The van der Waals surface area contributed by atoms with Gasteiger partial charge in [0.15, 0.2) is 0 Å². The quantitative estimate of drug-likeness (QED) is 0.175. The van der Waals surface area contributed by atoms with Crippen molar-refractivity contribution >= 4 is 41.4 Å². The van der Waals surface area contributed by atoms with Crippen LogP contribution in [0.25, 0.3) is 0 Å². The lowest BCUT2D eigenvalue weighted by Gasteiger charge is -2.36. The fraction of sp³-hybridized carbons (Fsp3) is 0.429. The van der Waals surface area contributed by atoms with Crippen LogP contribution in [-0.2, 0) is 14.9 Å². The monoisotopic (exact) mass is 526 g/mol. The molecule has 8 heteroatoms. The minimum Gasteiger partial charge on any atom is -0.485 e.